The van der Waals surface area contributed by atoms with E-state index in [2.05, 4.69) is 44.5 Å². The lowest BCUT2D eigenvalue weighted by atomic mass is 10.0. The average Bonchev–Trinajstić information content (AvgIpc) is 3.19. The van der Waals surface area contributed by atoms with Crippen molar-refractivity contribution in [2.24, 2.45) is 0 Å². The quantitative estimate of drug-likeness (QED) is 0.573. The molecule has 1 saturated heterocycles. The zero-order chi connectivity index (χ0) is 18.9. The van der Waals surface area contributed by atoms with Crippen LogP contribution in [0.1, 0.15) is 0 Å². The molecular weight excluding hydrogens is 350 g/mol. The lowest BCUT2D eigenvalue weighted by Crippen LogP contribution is -2.43. The summed E-state index contributed by atoms with van der Waals surface area (Å²) >= 11 is 0. The minimum atomic E-state index is 0.411. The van der Waals surface area contributed by atoms with E-state index < -0.39 is 0 Å². The number of rotatable bonds is 3. The SMILES string of the molecule is Nc1ncc(-c2cccc(N3CCNCC3)c2)cc1-c1nc2ccccc2o1. The zero-order valence-corrected chi connectivity index (χ0v) is 15.4. The lowest BCUT2D eigenvalue weighted by Gasteiger charge is -2.29. The molecule has 6 nitrogen and oxygen atoms in total. The smallest absolute Gasteiger partial charge is 0.231 e. The Kier molecular flexibility index (Phi) is 4.18. The molecule has 3 N–H and O–H groups in total. The highest BCUT2D eigenvalue weighted by Gasteiger charge is 2.15. The first-order valence-electron chi connectivity index (χ1n) is 9.45. The highest BCUT2D eigenvalue weighted by atomic mass is 16.3. The summed E-state index contributed by atoms with van der Waals surface area (Å²) in [6.45, 7) is 4.04. The molecule has 0 unspecified atom stereocenters. The van der Waals surface area contributed by atoms with Crippen molar-refractivity contribution in [1.29, 1.82) is 0 Å². The van der Waals surface area contributed by atoms with Crippen LogP contribution in [-0.2, 0) is 0 Å². The predicted octanol–water partition coefficient (Wildman–Crippen LogP) is 3.55. The van der Waals surface area contributed by atoms with Gasteiger partial charge in [0.2, 0.25) is 5.89 Å². The molecule has 1 aliphatic rings. The minimum absolute atomic E-state index is 0.411. The Labute approximate surface area is 163 Å². The predicted molar refractivity (Wildman–Crippen MR) is 112 cm³/mol. The zero-order valence-electron chi connectivity index (χ0n) is 15.4. The van der Waals surface area contributed by atoms with Crippen LogP contribution in [0.15, 0.2) is 65.2 Å². The van der Waals surface area contributed by atoms with Gasteiger partial charge in [-0.1, -0.05) is 24.3 Å². The number of oxazole rings is 1. The molecule has 1 aliphatic heterocycles. The van der Waals surface area contributed by atoms with Gasteiger partial charge in [0.25, 0.3) is 0 Å². The monoisotopic (exact) mass is 371 g/mol. The number of hydrogen-bond acceptors (Lipinski definition) is 6. The maximum absolute atomic E-state index is 6.14. The van der Waals surface area contributed by atoms with Crippen molar-refractivity contribution >= 4 is 22.6 Å². The van der Waals surface area contributed by atoms with Crippen LogP contribution in [0, 0.1) is 0 Å². The molecule has 0 radical (unpaired) electrons. The third kappa shape index (κ3) is 3.08. The molecule has 0 saturated carbocycles. The molecule has 0 spiro atoms. The number of hydrogen-bond donors (Lipinski definition) is 2. The normalized spacial score (nSPS) is 14.5. The Morgan fingerprint density at radius 2 is 1.82 bits per heavy atom. The lowest BCUT2D eigenvalue weighted by molar-refractivity contribution is 0.589. The van der Waals surface area contributed by atoms with Crippen LogP contribution in [0.3, 0.4) is 0 Å². The Morgan fingerprint density at radius 3 is 2.68 bits per heavy atom. The second-order valence-corrected chi connectivity index (χ2v) is 6.93. The summed E-state index contributed by atoms with van der Waals surface area (Å²) in [7, 11) is 0. The molecule has 5 rings (SSSR count). The number of fused-ring (bicyclic) bond motifs is 1. The fraction of sp³-hybridized carbons (Fsp3) is 0.182. The van der Waals surface area contributed by atoms with Crippen molar-refractivity contribution < 1.29 is 4.42 Å². The number of pyridine rings is 1. The van der Waals surface area contributed by atoms with E-state index in [4.69, 9.17) is 10.2 Å². The topological polar surface area (TPSA) is 80.2 Å². The molecule has 6 heteroatoms. The first-order valence-corrected chi connectivity index (χ1v) is 9.45. The van der Waals surface area contributed by atoms with Crippen LogP contribution in [0.5, 0.6) is 0 Å². The number of nitrogens with zero attached hydrogens (tertiary/aromatic N) is 3. The molecule has 0 atom stereocenters. The van der Waals surface area contributed by atoms with E-state index in [1.807, 2.05) is 30.3 Å². The number of nitrogen functional groups attached to an aromatic ring is 1. The third-order valence-corrected chi connectivity index (χ3v) is 5.10. The van der Waals surface area contributed by atoms with Gasteiger partial charge in [-0.15, -0.1) is 0 Å². The molecule has 1 fully saturated rings. The van der Waals surface area contributed by atoms with Crippen molar-refractivity contribution in [3.05, 3.63) is 60.8 Å². The van der Waals surface area contributed by atoms with E-state index in [0.717, 1.165) is 48.4 Å². The van der Waals surface area contributed by atoms with Gasteiger partial charge < -0.3 is 20.4 Å². The molecular formula is C22H21N5O. The summed E-state index contributed by atoms with van der Waals surface area (Å²) in [4.78, 5) is 11.4. The summed E-state index contributed by atoms with van der Waals surface area (Å²) in [5.41, 5.74) is 11.7. The summed E-state index contributed by atoms with van der Waals surface area (Å²) in [6, 6.07) is 18.2. The Bertz CT molecular complexity index is 1100. The van der Waals surface area contributed by atoms with E-state index in [1.54, 1.807) is 6.20 Å². The first kappa shape index (κ1) is 16.8. The molecule has 3 heterocycles. The standard InChI is InChI=1S/C22H21N5O/c23-21-18(22-26-19-6-1-2-7-20(19)28-22)13-16(14-25-21)15-4-3-5-17(12-15)27-10-8-24-9-11-27/h1-7,12-14,24H,8-11H2,(H2,23,25). The van der Waals surface area contributed by atoms with Gasteiger partial charge in [-0.05, 0) is 35.9 Å². The number of benzene rings is 2. The van der Waals surface area contributed by atoms with E-state index >= 15 is 0 Å². The van der Waals surface area contributed by atoms with Crippen molar-refractivity contribution in [3.8, 4) is 22.6 Å². The van der Waals surface area contributed by atoms with E-state index in [9.17, 15) is 0 Å². The van der Waals surface area contributed by atoms with Crippen LogP contribution in [0.4, 0.5) is 11.5 Å². The van der Waals surface area contributed by atoms with Crippen LogP contribution < -0.4 is 16.0 Å². The fourth-order valence-electron chi connectivity index (χ4n) is 3.60. The van der Waals surface area contributed by atoms with Gasteiger partial charge >= 0.3 is 0 Å². The Balaban J connectivity index is 1.54. The molecule has 0 aliphatic carbocycles. The highest BCUT2D eigenvalue weighted by molar-refractivity contribution is 5.81. The van der Waals surface area contributed by atoms with Crippen LogP contribution in [-0.4, -0.2) is 36.1 Å². The average molecular weight is 371 g/mol. The molecule has 0 bridgehead atoms. The van der Waals surface area contributed by atoms with Crippen LogP contribution in [0.2, 0.25) is 0 Å². The molecule has 2 aromatic carbocycles. The summed E-state index contributed by atoms with van der Waals surface area (Å²) in [6.07, 6.45) is 1.80. The second kappa shape index (κ2) is 6.98. The van der Waals surface area contributed by atoms with Crippen molar-refractivity contribution in [3.63, 3.8) is 0 Å². The van der Waals surface area contributed by atoms with Crippen molar-refractivity contribution in [2.45, 2.75) is 0 Å². The van der Waals surface area contributed by atoms with Crippen LogP contribution >= 0.6 is 0 Å². The van der Waals surface area contributed by atoms with Gasteiger partial charge in [-0.3, -0.25) is 0 Å². The van der Waals surface area contributed by atoms with Gasteiger partial charge in [0.05, 0.1) is 5.56 Å². The third-order valence-electron chi connectivity index (χ3n) is 5.10. The molecule has 140 valence electrons. The van der Waals surface area contributed by atoms with Gasteiger partial charge in [0.1, 0.15) is 11.3 Å². The number of aromatic nitrogens is 2. The summed E-state index contributed by atoms with van der Waals surface area (Å²) in [5.74, 6) is 0.903. The van der Waals surface area contributed by atoms with E-state index in [1.165, 1.54) is 5.69 Å². The fourth-order valence-corrected chi connectivity index (χ4v) is 3.60. The van der Waals surface area contributed by atoms with E-state index in [-0.39, 0.29) is 0 Å². The van der Waals surface area contributed by atoms with Gasteiger partial charge in [-0.2, -0.15) is 0 Å². The maximum Gasteiger partial charge on any atom is 0.231 e. The molecule has 4 aromatic rings. The summed E-state index contributed by atoms with van der Waals surface area (Å²) < 4.78 is 5.90. The minimum Gasteiger partial charge on any atom is -0.436 e. The number of nitrogens with two attached hydrogens (primary N) is 1. The molecule has 2 aromatic heterocycles. The summed E-state index contributed by atoms with van der Waals surface area (Å²) in [5, 5.41) is 3.39. The van der Waals surface area contributed by atoms with Gasteiger partial charge in [-0.25, -0.2) is 9.97 Å². The van der Waals surface area contributed by atoms with Crippen molar-refractivity contribution in [2.75, 3.05) is 36.8 Å². The maximum atomic E-state index is 6.14. The van der Waals surface area contributed by atoms with Crippen LogP contribution in [0.25, 0.3) is 33.7 Å². The highest BCUT2D eigenvalue weighted by Crippen LogP contribution is 2.32. The molecule has 0 amide bonds. The van der Waals surface area contributed by atoms with Gasteiger partial charge in [0, 0.05) is 43.6 Å². The van der Waals surface area contributed by atoms with E-state index in [0.29, 0.717) is 17.3 Å². The largest absolute Gasteiger partial charge is 0.436 e. The number of piperazine rings is 1. The molecule has 28 heavy (non-hydrogen) atoms. The number of anilines is 2. The first-order chi connectivity index (χ1) is 13.8. The number of nitrogens with one attached hydrogen (secondary N) is 1. The Morgan fingerprint density at radius 1 is 0.964 bits per heavy atom. The van der Waals surface area contributed by atoms with Gasteiger partial charge in [0.15, 0.2) is 5.58 Å². The number of para-hydroxylation sites is 2. The second-order valence-electron chi connectivity index (χ2n) is 6.93. The Hall–Kier alpha value is -3.38. The van der Waals surface area contributed by atoms with Crippen molar-refractivity contribution in [1.82, 2.24) is 15.3 Å².